The molecule has 3 nitrogen and oxygen atoms in total. The van der Waals surface area contributed by atoms with Crippen molar-refractivity contribution in [1.29, 1.82) is 0 Å². The highest BCUT2D eigenvalue weighted by Gasteiger charge is 2.03. The molecule has 1 aromatic carbocycles. The number of hydrogen-bond acceptors (Lipinski definition) is 2. The van der Waals surface area contributed by atoms with Gasteiger partial charge in [0.05, 0.1) is 0 Å². The summed E-state index contributed by atoms with van der Waals surface area (Å²) < 4.78 is 5.51. The second kappa shape index (κ2) is 6.84. The van der Waals surface area contributed by atoms with Crippen LogP contribution in [0, 0.1) is 0 Å². The van der Waals surface area contributed by atoms with Crippen LogP contribution in [0.3, 0.4) is 0 Å². The lowest BCUT2D eigenvalue weighted by molar-refractivity contribution is -0.131. The third-order valence-electron chi connectivity index (χ3n) is 2.90. The van der Waals surface area contributed by atoms with Gasteiger partial charge >= 0.3 is 5.97 Å². The minimum atomic E-state index is -0.941. The summed E-state index contributed by atoms with van der Waals surface area (Å²) in [6.07, 6.45) is 2.27. The van der Waals surface area contributed by atoms with E-state index in [0.717, 1.165) is 18.2 Å². The second-order valence-corrected chi connectivity index (χ2v) is 4.50. The normalized spacial score (nSPS) is 13.2. The van der Waals surface area contributed by atoms with Gasteiger partial charge in [-0.1, -0.05) is 26.0 Å². The van der Waals surface area contributed by atoms with Gasteiger partial charge in [-0.2, -0.15) is 0 Å². The van der Waals surface area contributed by atoms with Crippen LogP contribution in [-0.4, -0.2) is 17.7 Å². The van der Waals surface area contributed by atoms with E-state index in [1.807, 2.05) is 12.1 Å². The van der Waals surface area contributed by atoms with Crippen molar-refractivity contribution in [3.63, 3.8) is 0 Å². The molecule has 0 aliphatic rings. The lowest BCUT2D eigenvalue weighted by Gasteiger charge is -2.10. The van der Waals surface area contributed by atoms with Crippen LogP contribution in [0.5, 0.6) is 5.75 Å². The summed E-state index contributed by atoms with van der Waals surface area (Å²) in [6.45, 7) is 6.39. The molecule has 0 saturated heterocycles. The molecule has 0 heterocycles. The maximum Gasteiger partial charge on any atom is 0.328 e. The summed E-state index contributed by atoms with van der Waals surface area (Å²) in [6, 6.07) is 7.96. The van der Waals surface area contributed by atoms with Crippen molar-refractivity contribution in [2.24, 2.45) is 0 Å². The molecule has 0 spiro atoms. The van der Waals surface area contributed by atoms with Gasteiger partial charge in [-0.05, 0) is 42.5 Å². The van der Waals surface area contributed by atoms with E-state index in [0.29, 0.717) is 18.1 Å². The zero-order valence-corrected chi connectivity index (χ0v) is 11.1. The molecule has 0 aromatic heterocycles. The molecule has 0 fully saturated rings. The molecular formula is C15H20O3. The number of benzene rings is 1. The van der Waals surface area contributed by atoms with Gasteiger partial charge < -0.3 is 9.84 Å². The predicted molar refractivity (Wildman–Crippen MR) is 72.0 cm³/mol. The first-order valence-corrected chi connectivity index (χ1v) is 6.15. The molecule has 3 heteroatoms. The Morgan fingerprint density at radius 3 is 2.50 bits per heavy atom. The SMILES string of the molecule is CCC(C)c1ccc(OC/C(C)=C/C(=O)O)cc1. The smallest absolute Gasteiger partial charge is 0.328 e. The Morgan fingerprint density at radius 1 is 1.39 bits per heavy atom. The molecule has 0 bridgehead atoms. The second-order valence-electron chi connectivity index (χ2n) is 4.50. The van der Waals surface area contributed by atoms with Gasteiger partial charge in [0, 0.05) is 6.08 Å². The van der Waals surface area contributed by atoms with Crippen molar-refractivity contribution in [2.45, 2.75) is 33.1 Å². The zero-order chi connectivity index (χ0) is 13.5. The lowest BCUT2D eigenvalue weighted by Crippen LogP contribution is -2.01. The van der Waals surface area contributed by atoms with Gasteiger partial charge in [0.2, 0.25) is 0 Å². The molecule has 0 saturated carbocycles. The Morgan fingerprint density at radius 2 is 2.00 bits per heavy atom. The van der Waals surface area contributed by atoms with E-state index < -0.39 is 5.97 Å². The van der Waals surface area contributed by atoms with E-state index in [1.54, 1.807) is 6.92 Å². The lowest BCUT2D eigenvalue weighted by atomic mass is 9.99. The largest absolute Gasteiger partial charge is 0.489 e. The van der Waals surface area contributed by atoms with Crippen molar-refractivity contribution in [1.82, 2.24) is 0 Å². The van der Waals surface area contributed by atoms with Crippen LogP contribution in [-0.2, 0) is 4.79 Å². The number of carbonyl (C=O) groups is 1. The fourth-order valence-corrected chi connectivity index (χ4v) is 1.58. The maximum absolute atomic E-state index is 10.4. The zero-order valence-electron chi connectivity index (χ0n) is 11.1. The van der Waals surface area contributed by atoms with Crippen LogP contribution in [0.1, 0.15) is 38.7 Å². The van der Waals surface area contributed by atoms with Gasteiger partial charge in [-0.3, -0.25) is 0 Å². The number of aliphatic carboxylic acids is 1. The topological polar surface area (TPSA) is 46.5 Å². The maximum atomic E-state index is 10.4. The monoisotopic (exact) mass is 248 g/mol. The Labute approximate surface area is 108 Å². The molecule has 18 heavy (non-hydrogen) atoms. The highest BCUT2D eigenvalue weighted by Crippen LogP contribution is 2.21. The summed E-state index contributed by atoms with van der Waals surface area (Å²) in [5, 5.41) is 8.57. The van der Waals surface area contributed by atoms with Crippen LogP contribution in [0.4, 0.5) is 0 Å². The summed E-state index contributed by atoms with van der Waals surface area (Å²) in [5.41, 5.74) is 1.98. The van der Waals surface area contributed by atoms with Crippen molar-refractivity contribution < 1.29 is 14.6 Å². The molecule has 1 unspecified atom stereocenters. The van der Waals surface area contributed by atoms with Gasteiger partial charge in [0.1, 0.15) is 12.4 Å². The first kappa shape index (κ1) is 14.3. The van der Waals surface area contributed by atoms with Crippen LogP contribution < -0.4 is 4.74 Å². The van der Waals surface area contributed by atoms with E-state index >= 15 is 0 Å². The summed E-state index contributed by atoms with van der Waals surface area (Å²) in [7, 11) is 0. The molecule has 0 amide bonds. The van der Waals surface area contributed by atoms with Crippen LogP contribution in [0.25, 0.3) is 0 Å². The quantitative estimate of drug-likeness (QED) is 0.782. The Bertz CT molecular complexity index is 418. The van der Waals surface area contributed by atoms with E-state index in [-0.39, 0.29) is 0 Å². The Kier molecular flexibility index (Phi) is 5.43. The van der Waals surface area contributed by atoms with Crippen molar-refractivity contribution in [3.8, 4) is 5.75 Å². The molecule has 1 atom stereocenters. The molecular weight excluding hydrogens is 228 g/mol. The first-order valence-electron chi connectivity index (χ1n) is 6.15. The molecule has 0 aliphatic carbocycles. The average Bonchev–Trinajstić information content (AvgIpc) is 2.35. The predicted octanol–water partition coefficient (Wildman–Crippen LogP) is 3.61. The number of hydrogen-bond donors (Lipinski definition) is 1. The molecule has 0 aliphatic heterocycles. The van der Waals surface area contributed by atoms with Crippen LogP contribution >= 0.6 is 0 Å². The number of rotatable bonds is 6. The molecule has 0 radical (unpaired) electrons. The Hall–Kier alpha value is -1.77. The van der Waals surface area contributed by atoms with Gasteiger partial charge in [0.25, 0.3) is 0 Å². The fraction of sp³-hybridized carbons (Fsp3) is 0.400. The van der Waals surface area contributed by atoms with Crippen LogP contribution in [0.2, 0.25) is 0 Å². The van der Waals surface area contributed by atoms with Gasteiger partial charge in [-0.15, -0.1) is 0 Å². The minimum Gasteiger partial charge on any atom is -0.489 e. The molecule has 1 N–H and O–H groups in total. The third-order valence-corrected chi connectivity index (χ3v) is 2.90. The van der Waals surface area contributed by atoms with E-state index in [1.165, 1.54) is 5.56 Å². The highest BCUT2D eigenvalue weighted by molar-refractivity contribution is 5.80. The Balaban J connectivity index is 2.57. The summed E-state index contributed by atoms with van der Waals surface area (Å²) >= 11 is 0. The minimum absolute atomic E-state index is 0.301. The summed E-state index contributed by atoms with van der Waals surface area (Å²) in [4.78, 5) is 10.4. The van der Waals surface area contributed by atoms with E-state index in [9.17, 15) is 4.79 Å². The van der Waals surface area contributed by atoms with E-state index in [4.69, 9.17) is 9.84 Å². The standard InChI is InChI=1S/C15H20O3/c1-4-12(3)13-5-7-14(8-6-13)18-10-11(2)9-15(16)17/h5-9,12H,4,10H2,1-3H3,(H,16,17)/b11-9+. The third kappa shape index (κ3) is 4.62. The van der Waals surface area contributed by atoms with Gasteiger partial charge in [0.15, 0.2) is 0 Å². The summed E-state index contributed by atoms with van der Waals surface area (Å²) in [5.74, 6) is 0.371. The number of ether oxygens (including phenoxy) is 1. The highest BCUT2D eigenvalue weighted by atomic mass is 16.5. The first-order chi connectivity index (χ1) is 8.52. The number of carboxylic acids is 1. The molecule has 1 aromatic rings. The average molecular weight is 248 g/mol. The van der Waals surface area contributed by atoms with Gasteiger partial charge in [-0.25, -0.2) is 4.79 Å². The van der Waals surface area contributed by atoms with Crippen molar-refractivity contribution >= 4 is 5.97 Å². The fourth-order valence-electron chi connectivity index (χ4n) is 1.58. The van der Waals surface area contributed by atoms with Crippen molar-refractivity contribution in [3.05, 3.63) is 41.5 Å². The van der Waals surface area contributed by atoms with E-state index in [2.05, 4.69) is 26.0 Å². The number of carboxylic acid groups (broad SMARTS) is 1. The van der Waals surface area contributed by atoms with Crippen LogP contribution in [0.15, 0.2) is 35.9 Å². The molecule has 1 rings (SSSR count). The van der Waals surface area contributed by atoms with Crippen molar-refractivity contribution in [2.75, 3.05) is 6.61 Å². The molecule has 98 valence electrons.